The molecule has 1 aromatic carbocycles. The summed E-state index contributed by atoms with van der Waals surface area (Å²) in [6, 6.07) is 13.0. The van der Waals surface area contributed by atoms with Crippen LogP contribution < -0.4 is 10.6 Å². The maximum absolute atomic E-state index is 5.72. The van der Waals surface area contributed by atoms with Crippen molar-refractivity contribution in [2.75, 3.05) is 33.3 Å². The number of nitrogens with zero attached hydrogens (tertiary/aromatic N) is 2. The minimum atomic E-state index is 0.486. The molecule has 2 aromatic rings. The highest BCUT2D eigenvalue weighted by molar-refractivity contribution is 7.07. The summed E-state index contributed by atoms with van der Waals surface area (Å²) in [5.41, 5.74) is 2.63. The van der Waals surface area contributed by atoms with Crippen LogP contribution in [0, 0.1) is 0 Å². The molecule has 3 rings (SSSR count). The Morgan fingerprint density at radius 1 is 1.19 bits per heavy atom. The van der Waals surface area contributed by atoms with E-state index in [-0.39, 0.29) is 0 Å². The van der Waals surface area contributed by atoms with E-state index in [4.69, 9.17) is 4.74 Å². The van der Waals surface area contributed by atoms with Gasteiger partial charge < -0.3 is 15.4 Å². The molecule has 1 aliphatic rings. The van der Waals surface area contributed by atoms with E-state index in [1.807, 2.05) is 25.2 Å². The van der Waals surface area contributed by atoms with Crippen molar-refractivity contribution in [2.45, 2.75) is 32.0 Å². The van der Waals surface area contributed by atoms with Gasteiger partial charge in [-0.2, -0.15) is 11.3 Å². The molecule has 0 bridgehead atoms. The van der Waals surface area contributed by atoms with Crippen LogP contribution in [0.2, 0.25) is 0 Å². The lowest BCUT2D eigenvalue weighted by Crippen LogP contribution is -2.49. The van der Waals surface area contributed by atoms with Gasteiger partial charge in [-0.25, -0.2) is 0 Å². The molecule has 0 amide bonds. The monoisotopic (exact) mass is 386 g/mol. The van der Waals surface area contributed by atoms with E-state index in [0.717, 1.165) is 45.0 Å². The Kier molecular flexibility index (Phi) is 8.14. The van der Waals surface area contributed by atoms with E-state index < -0.39 is 0 Å². The zero-order chi connectivity index (χ0) is 18.7. The van der Waals surface area contributed by atoms with Gasteiger partial charge in [-0.1, -0.05) is 30.3 Å². The second-order valence-electron chi connectivity index (χ2n) is 6.86. The summed E-state index contributed by atoms with van der Waals surface area (Å²) in [6.07, 6.45) is 2.30. The van der Waals surface area contributed by atoms with Gasteiger partial charge in [0.15, 0.2) is 5.96 Å². The zero-order valence-electron chi connectivity index (χ0n) is 16.1. The van der Waals surface area contributed by atoms with E-state index in [1.165, 1.54) is 11.1 Å². The van der Waals surface area contributed by atoms with Crippen LogP contribution in [0.25, 0.3) is 0 Å². The largest absolute Gasteiger partial charge is 0.375 e. The Morgan fingerprint density at radius 3 is 2.70 bits per heavy atom. The number of guanidine groups is 1. The first-order valence-electron chi connectivity index (χ1n) is 9.66. The topological polar surface area (TPSA) is 48.9 Å². The molecule has 1 fully saturated rings. The number of nitrogens with one attached hydrogen (secondary N) is 2. The molecule has 0 radical (unpaired) electrons. The number of ether oxygens (including phenoxy) is 1. The quantitative estimate of drug-likeness (QED) is 0.416. The molecule has 0 unspecified atom stereocenters. The summed E-state index contributed by atoms with van der Waals surface area (Å²) in [4.78, 5) is 6.88. The Hall–Kier alpha value is -1.89. The van der Waals surface area contributed by atoms with E-state index >= 15 is 0 Å². The summed E-state index contributed by atoms with van der Waals surface area (Å²) in [5.74, 6) is 0.870. The minimum absolute atomic E-state index is 0.486. The van der Waals surface area contributed by atoms with Gasteiger partial charge in [0.05, 0.1) is 13.2 Å². The van der Waals surface area contributed by atoms with Crippen molar-refractivity contribution in [1.82, 2.24) is 15.5 Å². The van der Waals surface area contributed by atoms with Gasteiger partial charge in [-0.05, 0) is 40.8 Å². The van der Waals surface area contributed by atoms with Gasteiger partial charge in [0, 0.05) is 39.3 Å². The first kappa shape index (κ1) is 19.9. The van der Waals surface area contributed by atoms with Crippen LogP contribution >= 0.6 is 11.3 Å². The predicted molar refractivity (Wildman–Crippen MR) is 113 cm³/mol. The Balaban J connectivity index is 1.29. The Labute approximate surface area is 166 Å². The van der Waals surface area contributed by atoms with Crippen LogP contribution in [0.3, 0.4) is 0 Å². The molecule has 1 aromatic heterocycles. The SMILES string of the molecule is CN=C(NCCOCc1ccccc1)NC1CCN(Cc2ccsc2)CC1. The summed E-state index contributed by atoms with van der Waals surface area (Å²) >= 11 is 1.78. The zero-order valence-corrected chi connectivity index (χ0v) is 16.9. The number of piperidine rings is 1. The molecule has 0 aliphatic carbocycles. The fourth-order valence-electron chi connectivity index (χ4n) is 3.27. The van der Waals surface area contributed by atoms with Crippen LogP contribution in [0.5, 0.6) is 0 Å². The third-order valence-corrected chi connectivity index (χ3v) is 5.52. The highest BCUT2D eigenvalue weighted by atomic mass is 32.1. The van der Waals surface area contributed by atoms with Gasteiger partial charge in [-0.15, -0.1) is 0 Å². The van der Waals surface area contributed by atoms with E-state index in [2.05, 4.69) is 49.5 Å². The van der Waals surface area contributed by atoms with Crippen molar-refractivity contribution >= 4 is 17.3 Å². The molecule has 0 spiro atoms. The van der Waals surface area contributed by atoms with Gasteiger partial charge >= 0.3 is 0 Å². The first-order valence-corrected chi connectivity index (χ1v) is 10.6. The van der Waals surface area contributed by atoms with Crippen molar-refractivity contribution in [3.63, 3.8) is 0 Å². The third kappa shape index (κ3) is 6.97. The lowest BCUT2D eigenvalue weighted by atomic mass is 10.0. The van der Waals surface area contributed by atoms with E-state index in [9.17, 15) is 0 Å². The van der Waals surface area contributed by atoms with Crippen molar-refractivity contribution in [3.8, 4) is 0 Å². The number of aliphatic imine (C=N–C) groups is 1. The van der Waals surface area contributed by atoms with Crippen LogP contribution in [-0.4, -0.2) is 50.2 Å². The molecular formula is C21H30N4OS. The van der Waals surface area contributed by atoms with Crippen molar-refractivity contribution in [2.24, 2.45) is 4.99 Å². The fourth-order valence-corrected chi connectivity index (χ4v) is 3.93. The number of thiophene rings is 1. The summed E-state index contributed by atoms with van der Waals surface area (Å²) in [6.45, 7) is 5.40. The van der Waals surface area contributed by atoms with Gasteiger partial charge in [0.1, 0.15) is 0 Å². The number of likely N-dealkylation sites (tertiary alicyclic amines) is 1. The van der Waals surface area contributed by atoms with E-state index in [1.54, 1.807) is 11.3 Å². The number of rotatable bonds is 8. The molecular weight excluding hydrogens is 356 g/mol. The normalized spacial score (nSPS) is 16.4. The van der Waals surface area contributed by atoms with Crippen molar-refractivity contribution in [1.29, 1.82) is 0 Å². The minimum Gasteiger partial charge on any atom is -0.375 e. The predicted octanol–water partition coefficient (Wildman–Crippen LogP) is 3.09. The molecule has 0 atom stereocenters. The lowest BCUT2D eigenvalue weighted by molar-refractivity contribution is 0.125. The van der Waals surface area contributed by atoms with Crippen molar-refractivity contribution in [3.05, 3.63) is 58.3 Å². The molecule has 146 valence electrons. The van der Waals surface area contributed by atoms with Gasteiger partial charge in [0.25, 0.3) is 0 Å². The summed E-state index contributed by atoms with van der Waals surface area (Å²) in [7, 11) is 1.83. The Bertz CT molecular complexity index is 667. The van der Waals surface area contributed by atoms with E-state index in [0.29, 0.717) is 19.3 Å². The van der Waals surface area contributed by atoms with Gasteiger partial charge in [-0.3, -0.25) is 9.89 Å². The first-order chi connectivity index (χ1) is 13.3. The summed E-state index contributed by atoms with van der Waals surface area (Å²) < 4.78 is 5.72. The molecule has 0 saturated carbocycles. The maximum atomic E-state index is 5.72. The average molecular weight is 387 g/mol. The van der Waals surface area contributed by atoms with Crippen LogP contribution in [0.4, 0.5) is 0 Å². The second kappa shape index (κ2) is 11.1. The van der Waals surface area contributed by atoms with Crippen LogP contribution in [0.15, 0.2) is 52.2 Å². The number of benzene rings is 1. The Morgan fingerprint density at radius 2 is 2.00 bits per heavy atom. The van der Waals surface area contributed by atoms with Gasteiger partial charge in [0.2, 0.25) is 0 Å². The van der Waals surface area contributed by atoms with Crippen molar-refractivity contribution < 1.29 is 4.74 Å². The smallest absolute Gasteiger partial charge is 0.191 e. The number of hydrogen-bond acceptors (Lipinski definition) is 4. The highest BCUT2D eigenvalue weighted by Gasteiger charge is 2.20. The summed E-state index contributed by atoms with van der Waals surface area (Å²) in [5, 5.41) is 11.3. The lowest BCUT2D eigenvalue weighted by Gasteiger charge is -2.32. The highest BCUT2D eigenvalue weighted by Crippen LogP contribution is 2.15. The molecule has 5 nitrogen and oxygen atoms in total. The molecule has 27 heavy (non-hydrogen) atoms. The second-order valence-corrected chi connectivity index (χ2v) is 7.64. The molecule has 6 heteroatoms. The average Bonchev–Trinajstić information content (AvgIpc) is 3.22. The third-order valence-electron chi connectivity index (χ3n) is 4.79. The maximum Gasteiger partial charge on any atom is 0.191 e. The molecule has 1 saturated heterocycles. The standard InChI is InChI=1S/C21H30N4OS/c1-22-21(23-10-13-26-16-18-5-3-2-4-6-18)24-20-7-11-25(12-8-20)15-19-9-14-27-17-19/h2-6,9,14,17,20H,7-8,10-13,15-16H2,1H3,(H2,22,23,24). The molecule has 2 N–H and O–H groups in total. The molecule has 2 heterocycles. The number of hydrogen-bond donors (Lipinski definition) is 2. The molecule has 1 aliphatic heterocycles. The fraction of sp³-hybridized carbons (Fsp3) is 0.476. The van der Waals surface area contributed by atoms with Crippen LogP contribution in [0.1, 0.15) is 24.0 Å². The van der Waals surface area contributed by atoms with Crippen LogP contribution in [-0.2, 0) is 17.9 Å².